The Balaban J connectivity index is 1.45. The van der Waals surface area contributed by atoms with Crippen molar-refractivity contribution in [3.63, 3.8) is 0 Å². The summed E-state index contributed by atoms with van der Waals surface area (Å²) in [4.78, 5) is 12.2. The average molecular weight is 314 g/mol. The molecule has 3 nitrogen and oxygen atoms in total. The zero-order valence-corrected chi connectivity index (χ0v) is 14.2. The second kappa shape index (κ2) is 7.48. The van der Waals surface area contributed by atoms with Crippen LogP contribution in [0.3, 0.4) is 0 Å². The van der Waals surface area contributed by atoms with Gasteiger partial charge in [-0.2, -0.15) is 0 Å². The van der Waals surface area contributed by atoms with E-state index in [-0.39, 0.29) is 11.4 Å². The summed E-state index contributed by atoms with van der Waals surface area (Å²) in [5.74, 6) is 0.208. The van der Waals surface area contributed by atoms with Gasteiger partial charge < -0.3 is 11.1 Å². The van der Waals surface area contributed by atoms with Gasteiger partial charge in [0.1, 0.15) is 0 Å². The average Bonchev–Trinajstić information content (AvgIpc) is 3.30. The van der Waals surface area contributed by atoms with Crippen molar-refractivity contribution in [2.75, 3.05) is 0 Å². The van der Waals surface area contributed by atoms with Gasteiger partial charge in [-0.3, -0.25) is 4.79 Å². The summed E-state index contributed by atoms with van der Waals surface area (Å²) >= 11 is 0. The van der Waals surface area contributed by atoms with Crippen molar-refractivity contribution in [1.82, 2.24) is 5.32 Å². The Bertz CT molecular complexity index is 528. The van der Waals surface area contributed by atoms with Crippen LogP contribution in [0.5, 0.6) is 0 Å². The molecule has 23 heavy (non-hydrogen) atoms. The van der Waals surface area contributed by atoms with Crippen molar-refractivity contribution in [1.29, 1.82) is 0 Å². The summed E-state index contributed by atoms with van der Waals surface area (Å²) in [7, 11) is 0. The van der Waals surface area contributed by atoms with Crippen LogP contribution in [0.1, 0.15) is 68.9 Å². The Hall–Kier alpha value is -1.35. The van der Waals surface area contributed by atoms with Gasteiger partial charge in [-0.05, 0) is 49.7 Å². The molecule has 0 unspecified atom stereocenters. The number of nitrogens with two attached hydrogens (primary N) is 1. The van der Waals surface area contributed by atoms with Gasteiger partial charge in [0.25, 0.3) is 0 Å². The molecule has 0 atom stereocenters. The van der Waals surface area contributed by atoms with Gasteiger partial charge in [-0.25, -0.2) is 0 Å². The maximum atomic E-state index is 12.2. The maximum absolute atomic E-state index is 12.2. The summed E-state index contributed by atoms with van der Waals surface area (Å²) in [6.07, 6.45) is 12.1. The van der Waals surface area contributed by atoms with Crippen molar-refractivity contribution >= 4 is 5.91 Å². The Morgan fingerprint density at radius 3 is 2.52 bits per heavy atom. The second-order valence-electron chi connectivity index (χ2n) is 7.62. The summed E-state index contributed by atoms with van der Waals surface area (Å²) in [6, 6.07) is 9.01. The lowest BCUT2D eigenvalue weighted by molar-refractivity contribution is -0.121. The highest BCUT2D eigenvalue weighted by Gasteiger charge is 2.37. The normalized spacial score (nSPS) is 20.7. The topological polar surface area (TPSA) is 55.1 Å². The van der Waals surface area contributed by atoms with E-state index in [1.54, 1.807) is 0 Å². The minimum absolute atomic E-state index is 0.0511. The molecule has 126 valence electrons. The van der Waals surface area contributed by atoms with Gasteiger partial charge in [-0.15, -0.1) is 0 Å². The summed E-state index contributed by atoms with van der Waals surface area (Å²) in [5.41, 5.74) is 8.82. The fourth-order valence-electron chi connectivity index (χ4n) is 3.62. The first-order valence-electron chi connectivity index (χ1n) is 9.29. The summed E-state index contributed by atoms with van der Waals surface area (Å²) < 4.78 is 0. The summed E-state index contributed by atoms with van der Waals surface area (Å²) in [6.45, 7) is 0. The molecule has 1 aromatic carbocycles. The minimum atomic E-state index is 0.0511. The lowest BCUT2D eigenvalue weighted by Crippen LogP contribution is -2.34. The van der Waals surface area contributed by atoms with Gasteiger partial charge in [0.15, 0.2) is 0 Å². The number of aryl methyl sites for hydroxylation is 1. The molecule has 2 aliphatic carbocycles. The predicted octanol–water partition coefficient (Wildman–Crippen LogP) is 3.49. The van der Waals surface area contributed by atoms with E-state index < -0.39 is 0 Å². The SMILES string of the molecule is NC1(Cc2cccc(CCC(=O)NC3CCCCCC3)c2)CC1. The molecule has 3 rings (SSSR count). The van der Waals surface area contributed by atoms with Gasteiger partial charge in [0.2, 0.25) is 5.91 Å². The monoisotopic (exact) mass is 314 g/mol. The Kier molecular flexibility index (Phi) is 5.37. The third-order valence-corrected chi connectivity index (χ3v) is 5.30. The number of carbonyl (C=O) groups is 1. The molecule has 2 saturated carbocycles. The molecule has 2 aliphatic rings. The molecule has 3 N–H and O–H groups in total. The van der Waals surface area contributed by atoms with Crippen LogP contribution in [0.4, 0.5) is 0 Å². The zero-order chi connectivity index (χ0) is 16.1. The van der Waals surface area contributed by atoms with E-state index >= 15 is 0 Å². The number of carbonyl (C=O) groups excluding carboxylic acids is 1. The molecule has 2 fully saturated rings. The van der Waals surface area contributed by atoms with Crippen LogP contribution >= 0.6 is 0 Å². The number of rotatable bonds is 6. The number of hydrogen-bond donors (Lipinski definition) is 2. The fourth-order valence-corrected chi connectivity index (χ4v) is 3.62. The van der Waals surface area contributed by atoms with Gasteiger partial charge in [0.05, 0.1) is 0 Å². The van der Waals surface area contributed by atoms with Crippen molar-refractivity contribution in [2.45, 2.75) is 82.2 Å². The van der Waals surface area contributed by atoms with E-state index in [0.717, 1.165) is 38.5 Å². The lowest BCUT2D eigenvalue weighted by atomic mass is 10.0. The van der Waals surface area contributed by atoms with Crippen LogP contribution in [0.2, 0.25) is 0 Å². The summed E-state index contributed by atoms with van der Waals surface area (Å²) in [5, 5.41) is 3.23. The van der Waals surface area contributed by atoms with E-state index in [4.69, 9.17) is 5.73 Å². The fraction of sp³-hybridized carbons (Fsp3) is 0.650. The molecule has 3 heteroatoms. The highest BCUT2D eigenvalue weighted by molar-refractivity contribution is 5.76. The van der Waals surface area contributed by atoms with E-state index in [2.05, 4.69) is 29.6 Å². The van der Waals surface area contributed by atoms with Gasteiger partial charge in [0, 0.05) is 18.0 Å². The van der Waals surface area contributed by atoms with Gasteiger partial charge >= 0.3 is 0 Å². The van der Waals surface area contributed by atoms with Gasteiger partial charge in [-0.1, -0.05) is 49.9 Å². The largest absolute Gasteiger partial charge is 0.353 e. The Morgan fingerprint density at radius 1 is 1.13 bits per heavy atom. The Morgan fingerprint density at radius 2 is 1.83 bits per heavy atom. The van der Waals surface area contributed by atoms with Crippen molar-refractivity contribution < 1.29 is 4.79 Å². The quantitative estimate of drug-likeness (QED) is 0.790. The molecule has 0 aliphatic heterocycles. The molecule has 0 bridgehead atoms. The molecule has 0 heterocycles. The van der Waals surface area contributed by atoms with Crippen LogP contribution in [0, 0.1) is 0 Å². The highest BCUT2D eigenvalue weighted by Crippen LogP contribution is 2.35. The first-order valence-corrected chi connectivity index (χ1v) is 9.29. The first-order chi connectivity index (χ1) is 11.1. The third-order valence-electron chi connectivity index (χ3n) is 5.30. The minimum Gasteiger partial charge on any atom is -0.353 e. The highest BCUT2D eigenvalue weighted by atomic mass is 16.1. The standard InChI is InChI=1S/C20H30N2O/c21-20(12-13-20)15-17-7-5-6-16(14-17)10-11-19(23)22-18-8-3-1-2-4-9-18/h5-7,14,18H,1-4,8-13,15,21H2,(H,22,23). The van der Waals surface area contributed by atoms with Crippen LogP contribution in [0.25, 0.3) is 0 Å². The van der Waals surface area contributed by atoms with Crippen molar-refractivity contribution in [3.8, 4) is 0 Å². The van der Waals surface area contributed by atoms with Crippen molar-refractivity contribution in [3.05, 3.63) is 35.4 Å². The number of amides is 1. The number of benzene rings is 1. The molecule has 0 saturated heterocycles. The molecular formula is C20H30N2O. The smallest absolute Gasteiger partial charge is 0.220 e. The first kappa shape index (κ1) is 16.5. The van der Waals surface area contributed by atoms with Crippen LogP contribution in [0.15, 0.2) is 24.3 Å². The van der Waals surface area contributed by atoms with Crippen LogP contribution in [-0.4, -0.2) is 17.5 Å². The molecule has 1 amide bonds. The Labute approximate surface area is 140 Å². The van der Waals surface area contributed by atoms with E-state index in [9.17, 15) is 4.79 Å². The van der Waals surface area contributed by atoms with Crippen LogP contribution in [-0.2, 0) is 17.6 Å². The maximum Gasteiger partial charge on any atom is 0.220 e. The second-order valence-corrected chi connectivity index (χ2v) is 7.62. The molecule has 1 aromatic rings. The number of hydrogen-bond acceptors (Lipinski definition) is 2. The number of nitrogens with one attached hydrogen (secondary N) is 1. The molecule has 0 radical (unpaired) electrons. The van der Waals surface area contributed by atoms with E-state index in [1.807, 2.05) is 0 Å². The molecular weight excluding hydrogens is 284 g/mol. The van der Waals surface area contributed by atoms with E-state index in [0.29, 0.717) is 12.5 Å². The van der Waals surface area contributed by atoms with Crippen molar-refractivity contribution in [2.24, 2.45) is 5.73 Å². The van der Waals surface area contributed by atoms with E-state index in [1.165, 1.54) is 36.8 Å². The zero-order valence-electron chi connectivity index (χ0n) is 14.2. The molecule has 0 aromatic heterocycles. The van der Waals surface area contributed by atoms with Crippen LogP contribution < -0.4 is 11.1 Å². The third kappa shape index (κ3) is 5.35. The predicted molar refractivity (Wildman–Crippen MR) is 94.3 cm³/mol. The molecule has 0 spiro atoms. The lowest BCUT2D eigenvalue weighted by Gasteiger charge is -2.16.